The van der Waals surface area contributed by atoms with Crippen LogP contribution < -0.4 is 38.5 Å². The number of aliphatic carboxylic acids is 1. The first kappa shape index (κ1) is 35.5. The number of carboxylic acids is 1. The molecular weight excluding hydrogens is 570 g/mol. The van der Waals surface area contributed by atoms with Crippen molar-refractivity contribution in [2.75, 3.05) is 13.1 Å². The zero-order valence-corrected chi connectivity index (χ0v) is 24.5. The highest BCUT2D eigenvalue weighted by Crippen LogP contribution is 2.12. The largest absolute Gasteiger partial charge is 0.508 e. The number of carboxylic acid groups (broad SMARTS) is 1. The van der Waals surface area contributed by atoms with Gasteiger partial charge in [0, 0.05) is 13.0 Å². The standard InChI is InChI=1S/C30H43N7O7/c31-15-5-4-9-23(28(41)37-25(29(42)43)18-20-11-13-21(38)14-12-20)36-27(40)24(10-6-16-34-30(33)44)35-26(39)22(32)17-19-7-2-1-3-8-19/h1-3,7-8,11-14,22-25,38H,4-6,9-10,15-18,31-32H2,(H,35,39)(H,36,40)(H,37,41)(H,42,43)(H3,33,34,44)/t22-,23-,24-,25-/m0/s1. The van der Waals surface area contributed by atoms with Crippen LogP contribution in [0.2, 0.25) is 0 Å². The fourth-order valence-electron chi connectivity index (χ4n) is 4.40. The van der Waals surface area contributed by atoms with Gasteiger partial charge in [-0.25, -0.2) is 9.59 Å². The zero-order chi connectivity index (χ0) is 32.5. The van der Waals surface area contributed by atoms with Gasteiger partial charge in [-0.2, -0.15) is 0 Å². The van der Waals surface area contributed by atoms with Gasteiger partial charge < -0.3 is 48.7 Å². The summed E-state index contributed by atoms with van der Waals surface area (Å²) in [6.45, 7) is 0.495. The Morgan fingerprint density at radius 1 is 0.705 bits per heavy atom. The van der Waals surface area contributed by atoms with E-state index in [9.17, 15) is 34.2 Å². The number of rotatable bonds is 19. The lowest BCUT2D eigenvalue weighted by molar-refractivity contribution is -0.142. The van der Waals surface area contributed by atoms with Gasteiger partial charge in [0.15, 0.2) is 0 Å². The van der Waals surface area contributed by atoms with E-state index in [1.807, 2.05) is 30.3 Å². The number of urea groups is 1. The molecule has 0 fully saturated rings. The number of aromatic hydroxyl groups is 1. The Balaban J connectivity index is 2.16. The van der Waals surface area contributed by atoms with Gasteiger partial charge in [0.05, 0.1) is 6.04 Å². The molecule has 12 N–H and O–H groups in total. The van der Waals surface area contributed by atoms with Gasteiger partial charge in [0.25, 0.3) is 0 Å². The molecule has 2 aromatic rings. The second-order valence-electron chi connectivity index (χ2n) is 10.4. The van der Waals surface area contributed by atoms with Crippen LogP contribution >= 0.6 is 0 Å². The van der Waals surface area contributed by atoms with E-state index >= 15 is 0 Å². The van der Waals surface area contributed by atoms with Crippen molar-refractivity contribution in [3.05, 3.63) is 65.7 Å². The smallest absolute Gasteiger partial charge is 0.326 e. The van der Waals surface area contributed by atoms with Crippen molar-refractivity contribution in [1.29, 1.82) is 0 Å². The molecule has 14 heteroatoms. The highest BCUT2D eigenvalue weighted by atomic mass is 16.4. The highest BCUT2D eigenvalue weighted by Gasteiger charge is 2.30. The second-order valence-corrected chi connectivity index (χ2v) is 10.4. The molecule has 0 aliphatic rings. The van der Waals surface area contributed by atoms with Crippen LogP contribution in [0.4, 0.5) is 4.79 Å². The SMILES string of the molecule is NCCCC[C@H](NC(=O)[C@H](CCCNC(N)=O)NC(=O)[C@@H](N)Cc1ccccc1)C(=O)N[C@@H](Cc1ccc(O)cc1)C(=O)O. The Bertz CT molecular complexity index is 1230. The van der Waals surface area contributed by atoms with Crippen molar-refractivity contribution in [2.45, 2.75) is 69.1 Å². The van der Waals surface area contributed by atoms with Crippen LogP contribution in [0.15, 0.2) is 54.6 Å². The molecule has 0 saturated carbocycles. The van der Waals surface area contributed by atoms with Gasteiger partial charge in [0.1, 0.15) is 23.9 Å². The molecule has 0 radical (unpaired) electrons. The number of phenols is 1. The first-order valence-electron chi connectivity index (χ1n) is 14.4. The molecule has 0 spiro atoms. The topological polar surface area (TPSA) is 252 Å². The first-order chi connectivity index (χ1) is 21.0. The van der Waals surface area contributed by atoms with E-state index < -0.39 is 53.9 Å². The van der Waals surface area contributed by atoms with E-state index in [0.717, 1.165) is 5.56 Å². The Morgan fingerprint density at radius 2 is 1.25 bits per heavy atom. The monoisotopic (exact) mass is 613 g/mol. The highest BCUT2D eigenvalue weighted by molar-refractivity contribution is 5.94. The van der Waals surface area contributed by atoms with Gasteiger partial charge in [-0.15, -0.1) is 0 Å². The summed E-state index contributed by atoms with van der Waals surface area (Å²) in [7, 11) is 0. The van der Waals surface area contributed by atoms with Crippen LogP contribution in [0.25, 0.3) is 0 Å². The van der Waals surface area contributed by atoms with Crippen LogP contribution in [-0.4, -0.2) is 77.2 Å². The fourth-order valence-corrected chi connectivity index (χ4v) is 4.40. The molecule has 0 aromatic heterocycles. The molecule has 5 amide bonds. The van der Waals surface area contributed by atoms with E-state index in [2.05, 4.69) is 21.3 Å². The van der Waals surface area contributed by atoms with Crippen molar-refractivity contribution in [3.63, 3.8) is 0 Å². The predicted octanol–water partition coefficient (Wildman–Crippen LogP) is -0.379. The van der Waals surface area contributed by atoms with Crippen molar-refractivity contribution in [2.24, 2.45) is 17.2 Å². The van der Waals surface area contributed by atoms with E-state index in [1.165, 1.54) is 12.1 Å². The van der Waals surface area contributed by atoms with Gasteiger partial charge in [0.2, 0.25) is 17.7 Å². The minimum Gasteiger partial charge on any atom is -0.508 e. The molecule has 2 aromatic carbocycles. The van der Waals surface area contributed by atoms with E-state index in [1.54, 1.807) is 12.1 Å². The van der Waals surface area contributed by atoms with Crippen LogP contribution in [0.3, 0.4) is 0 Å². The summed E-state index contributed by atoms with van der Waals surface area (Å²) in [5.41, 5.74) is 18.2. The number of primary amides is 1. The Labute approximate surface area is 256 Å². The maximum atomic E-state index is 13.5. The van der Waals surface area contributed by atoms with Crippen LogP contribution in [0.1, 0.15) is 43.2 Å². The number of carbonyl (C=O) groups excluding carboxylic acids is 4. The number of nitrogens with one attached hydrogen (secondary N) is 4. The van der Waals surface area contributed by atoms with E-state index in [4.69, 9.17) is 17.2 Å². The third kappa shape index (κ3) is 13.1. The average molecular weight is 614 g/mol. The van der Waals surface area contributed by atoms with Gasteiger partial charge in [-0.3, -0.25) is 14.4 Å². The molecule has 14 nitrogen and oxygen atoms in total. The van der Waals surface area contributed by atoms with Gasteiger partial charge >= 0.3 is 12.0 Å². The normalized spacial score (nSPS) is 13.5. The Kier molecular flexibility index (Phi) is 15.1. The maximum absolute atomic E-state index is 13.5. The summed E-state index contributed by atoms with van der Waals surface area (Å²) in [6, 6.07) is 9.76. The summed E-state index contributed by atoms with van der Waals surface area (Å²) in [5, 5.41) is 29.5. The first-order valence-corrected chi connectivity index (χ1v) is 14.4. The quantitative estimate of drug-likeness (QED) is 0.0935. The predicted molar refractivity (Wildman–Crippen MR) is 163 cm³/mol. The fraction of sp³-hybridized carbons (Fsp3) is 0.433. The van der Waals surface area contributed by atoms with Crippen LogP contribution in [0.5, 0.6) is 5.75 Å². The second kappa shape index (κ2) is 18.8. The van der Waals surface area contributed by atoms with Crippen LogP contribution in [-0.2, 0) is 32.0 Å². The van der Waals surface area contributed by atoms with E-state index in [-0.39, 0.29) is 44.4 Å². The minimum absolute atomic E-state index is 0.0143. The number of benzene rings is 2. The zero-order valence-electron chi connectivity index (χ0n) is 24.5. The molecule has 0 aliphatic heterocycles. The van der Waals surface area contributed by atoms with Crippen molar-refractivity contribution >= 4 is 29.7 Å². The van der Waals surface area contributed by atoms with Gasteiger partial charge in [-0.05, 0) is 68.3 Å². The Hall–Kier alpha value is -4.69. The molecule has 0 heterocycles. The lowest BCUT2D eigenvalue weighted by Gasteiger charge is -2.25. The molecule has 0 saturated heterocycles. The number of hydrogen-bond donors (Lipinski definition) is 9. The number of carbonyl (C=O) groups is 5. The molecule has 0 unspecified atom stereocenters. The number of nitrogens with two attached hydrogens (primary N) is 3. The summed E-state index contributed by atoms with van der Waals surface area (Å²) in [6.07, 6.45) is 1.72. The number of unbranched alkanes of at least 4 members (excludes halogenated alkanes) is 1. The summed E-state index contributed by atoms with van der Waals surface area (Å²) in [5.74, 6) is -3.25. The summed E-state index contributed by atoms with van der Waals surface area (Å²) in [4.78, 5) is 62.8. The minimum atomic E-state index is -1.31. The van der Waals surface area contributed by atoms with Crippen molar-refractivity contribution in [1.82, 2.24) is 21.3 Å². The molecule has 0 bridgehead atoms. The third-order valence-corrected chi connectivity index (χ3v) is 6.81. The molecule has 44 heavy (non-hydrogen) atoms. The lowest BCUT2D eigenvalue weighted by atomic mass is 10.0. The number of amides is 5. The summed E-state index contributed by atoms with van der Waals surface area (Å²) >= 11 is 0. The maximum Gasteiger partial charge on any atom is 0.326 e. The van der Waals surface area contributed by atoms with Crippen molar-refractivity contribution in [3.8, 4) is 5.75 Å². The van der Waals surface area contributed by atoms with Gasteiger partial charge in [-0.1, -0.05) is 42.5 Å². The number of hydrogen-bond acceptors (Lipinski definition) is 8. The lowest BCUT2D eigenvalue weighted by Crippen LogP contribution is -2.57. The molecule has 240 valence electrons. The van der Waals surface area contributed by atoms with Crippen molar-refractivity contribution < 1.29 is 34.2 Å². The Morgan fingerprint density at radius 3 is 1.82 bits per heavy atom. The third-order valence-electron chi connectivity index (χ3n) is 6.81. The number of phenolic OH excluding ortho intramolecular Hbond substituents is 1. The average Bonchev–Trinajstić information content (AvgIpc) is 2.99. The van der Waals surface area contributed by atoms with Crippen LogP contribution in [0, 0.1) is 0 Å². The molecule has 2 rings (SSSR count). The molecule has 0 aliphatic carbocycles. The molecular formula is C30H43N7O7. The summed E-state index contributed by atoms with van der Waals surface area (Å²) < 4.78 is 0. The van der Waals surface area contributed by atoms with E-state index in [0.29, 0.717) is 24.9 Å². The molecule has 4 atom stereocenters.